The van der Waals surface area contributed by atoms with Gasteiger partial charge in [0.05, 0.1) is 13.2 Å². The monoisotopic (exact) mass is 363 g/mol. The van der Waals surface area contributed by atoms with Crippen molar-refractivity contribution >= 4 is 5.91 Å². The molecule has 0 aromatic heterocycles. The maximum Gasteiger partial charge on any atom is 0.222 e. The number of benzene rings is 2. The van der Waals surface area contributed by atoms with Crippen LogP contribution < -0.4 is 4.74 Å². The van der Waals surface area contributed by atoms with Gasteiger partial charge in [-0.05, 0) is 29.7 Å². The summed E-state index contributed by atoms with van der Waals surface area (Å²) in [5, 5.41) is 9.67. The molecule has 27 heavy (non-hydrogen) atoms. The maximum absolute atomic E-state index is 12.5. The molecule has 1 unspecified atom stereocenters. The highest BCUT2D eigenvalue weighted by Crippen LogP contribution is 2.25. The molecule has 0 N–H and O–H groups in total. The van der Waals surface area contributed by atoms with Gasteiger partial charge >= 0.3 is 0 Å². The van der Waals surface area contributed by atoms with Gasteiger partial charge in [-0.3, -0.25) is 9.69 Å². The van der Waals surface area contributed by atoms with Crippen LogP contribution in [0.25, 0.3) is 0 Å². The van der Waals surface area contributed by atoms with E-state index in [4.69, 9.17) is 4.74 Å². The van der Waals surface area contributed by atoms with Crippen molar-refractivity contribution in [2.75, 3.05) is 33.3 Å². The Hall–Kier alpha value is -2.84. The quantitative estimate of drug-likeness (QED) is 0.792. The van der Waals surface area contributed by atoms with Gasteiger partial charge in [0, 0.05) is 32.6 Å². The summed E-state index contributed by atoms with van der Waals surface area (Å²) in [6.45, 7) is 2.73. The van der Waals surface area contributed by atoms with Crippen molar-refractivity contribution in [1.82, 2.24) is 9.80 Å². The van der Waals surface area contributed by atoms with Crippen molar-refractivity contribution in [2.24, 2.45) is 0 Å². The second-order valence-electron chi connectivity index (χ2n) is 6.71. The number of amides is 1. The molecule has 2 aromatic carbocycles. The van der Waals surface area contributed by atoms with Crippen molar-refractivity contribution in [3.05, 3.63) is 65.7 Å². The average molecular weight is 363 g/mol. The van der Waals surface area contributed by atoms with Crippen LogP contribution in [0.2, 0.25) is 0 Å². The Morgan fingerprint density at radius 2 is 1.85 bits per heavy atom. The zero-order valence-corrected chi connectivity index (χ0v) is 15.7. The first-order valence-electron chi connectivity index (χ1n) is 9.30. The predicted octanol–water partition coefficient (Wildman–Crippen LogP) is 3.04. The Morgan fingerprint density at radius 1 is 1.11 bits per heavy atom. The third-order valence-electron chi connectivity index (χ3n) is 5.03. The van der Waals surface area contributed by atoms with Gasteiger partial charge in [-0.2, -0.15) is 5.26 Å². The zero-order chi connectivity index (χ0) is 19.1. The number of carbonyl (C=O) groups excluding carboxylic acids is 1. The molecule has 1 atom stereocenters. The van der Waals surface area contributed by atoms with Gasteiger partial charge in [-0.1, -0.05) is 42.5 Å². The number of nitrogens with zero attached hydrogens (tertiary/aromatic N) is 3. The molecule has 1 saturated heterocycles. The fourth-order valence-corrected chi connectivity index (χ4v) is 3.46. The zero-order valence-electron chi connectivity index (χ0n) is 15.7. The lowest BCUT2D eigenvalue weighted by Gasteiger charge is -2.37. The van der Waals surface area contributed by atoms with Crippen LogP contribution in [0.1, 0.15) is 23.6 Å². The Kier molecular flexibility index (Phi) is 6.45. The molecule has 1 fully saturated rings. The molecular formula is C22H25N3O2. The van der Waals surface area contributed by atoms with E-state index >= 15 is 0 Å². The van der Waals surface area contributed by atoms with E-state index in [1.54, 1.807) is 7.11 Å². The van der Waals surface area contributed by atoms with Crippen LogP contribution in [0, 0.1) is 11.3 Å². The third-order valence-corrected chi connectivity index (χ3v) is 5.03. The van der Waals surface area contributed by atoms with Gasteiger partial charge in [0.25, 0.3) is 0 Å². The average Bonchev–Trinajstić information content (AvgIpc) is 2.74. The van der Waals surface area contributed by atoms with Crippen LogP contribution in [-0.2, 0) is 11.2 Å². The Balaban J connectivity index is 1.54. The van der Waals surface area contributed by atoms with Gasteiger partial charge in [-0.25, -0.2) is 0 Å². The lowest BCUT2D eigenvalue weighted by Crippen LogP contribution is -2.49. The number of methoxy groups -OCH3 is 1. The number of hydrogen-bond acceptors (Lipinski definition) is 4. The molecule has 2 aromatic rings. The lowest BCUT2D eigenvalue weighted by molar-refractivity contribution is -0.133. The molecule has 3 rings (SSSR count). The van der Waals surface area contributed by atoms with Crippen molar-refractivity contribution < 1.29 is 9.53 Å². The second-order valence-corrected chi connectivity index (χ2v) is 6.71. The molecule has 1 amide bonds. The number of aryl methyl sites for hydroxylation is 1. The van der Waals surface area contributed by atoms with Crippen LogP contribution >= 0.6 is 0 Å². The van der Waals surface area contributed by atoms with E-state index < -0.39 is 0 Å². The number of piperazine rings is 1. The molecule has 1 aliphatic heterocycles. The highest BCUT2D eigenvalue weighted by atomic mass is 16.5. The molecule has 1 heterocycles. The van der Waals surface area contributed by atoms with Gasteiger partial charge in [0.1, 0.15) is 11.8 Å². The Labute approximate surface area is 160 Å². The molecule has 1 aliphatic rings. The standard InChI is InChI=1S/C22H25N3O2/c1-27-20-9-5-8-19(16-20)21(17-23)24-12-14-25(15-13-24)22(26)11-10-18-6-3-2-4-7-18/h2-9,16,21H,10-15H2,1H3. The van der Waals surface area contributed by atoms with Gasteiger partial charge in [-0.15, -0.1) is 0 Å². The molecule has 5 heteroatoms. The fraction of sp³-hybridized carbons (Fsp3) is 0.364. The number of rotatable bonds is 6. The summed E-state index contributed by atoms with van der Waals surface area (Å²) >= 11 is 0. The summed E-state index contributed by atoms with van der Waals surface area (Å²) < 4.78 is 5.27. The van der Waals surface area contributed by atoms with Crippen molar-refractivity contribution in [3.8, 4) is 11.8 Å². The maximum atomic E-state index is 12.5. The minimum absolute atomic E-state index is 0.188. The molecular weight excluding hydrogens is 338 g/mol. The molecule has 140 valence electrons. The van der Waals surface area contributed by atoms with E-state index in [0.717, 1.165) is 17.7 Å². The van der Waals surface area contributed by atoms with E-state index in [2.05, 4.69) is 23.1 Å². The lowest BCUT2D eigenvalue weighted by atomic mass is 10.0. The molecule has 5 nitrogen and oxygen atoms in total. The van der Waals surface area contributed by atoms with Crippen molar-refractivity contribution in [3.63, 3.8) is 0 Å². The first-order valence-corrected chi connectivity index (χ1v) is 9.30. The topological polar surface area (TPSA) is 56.6 Å². The SMILES string of the molecule is COc1cccc(C(C#N)N2CCN(C(=O)CCc3ccccc3)CC2)c1. The summed E-state index contributed by atoms with van der Waals surface area (Å²) in [7, 11) is 1.63. The molecule has 0 radical (unpaired) electrons. The van der Waals surface area contributed by atoms with Crippen molar-refractivity contribution in [1.29, 1.82) is 5.26 Å². The molecule has 0 bridgehead atoms. The summed E-state index contributed by atoms with van der Waals surface area (Å²) in [4.78, 5) is 16.5. The predicted molar refractivity (Wildman–Crippen MR) is 104 cm³/mol. The molecule has 0 saturated carbocycles. The highest BCUT2D eigenvalue weighted by molar-refractivity contribution is 5.76. The van der Waals surface area contributed by atoms with Crippen LogP contribution in [0.3, 0.4) is 0 Å². The largest absolute Gasteiger partial charge is 0.497 e. The normalized spacial score (nSPS) is 15.8. The minimum atomic E-state index is -0.318. The Bertz CT molecular complexity index is 793. The number of nitriles is 1. The number of ether oxygens (including phenoxy) is 1. The summed E-state index contributed by atoms with van der Waals surface area (Å²) in [6, 6.07) is 19.8. The van der Waals surface area contributed by atoms with Gasteiger partial charge in [0.2, 0.25) is 5.91 Å². The van der Waals surface area contributed by atoms with Crippen LogP contribution in [0.4, 0.5) is 0 Å². The summed E-state index contributed by atoms with van der Waals surface area (Å²) in [5.74, 6) is 0.941. The third kappa shape index (κ3) is 4.87. The first kappa shape index (κ1) is 18.9. The van der Waals surface area contributed by atoms with Crippen LogP contribution in [-0.4, -0.2) is 49.0 Å². The van der Waals surface area contributed by atoms with E-state index in [1.165, 1.54) is 5.56 Å². The first-order chi connectivity index (χ1) is 13.2. The molecule has 0 spiro atoms. The highest BCUT2D eigenvalue weighted by Gasteiger charge is 2.27. The smallest absolute Gasteiger partial charge is 0.222 e. The van der Waals surface area contributed by atoms with Crippen LogP contribution in [0.15, 0.2) is 54.6 Å². The summed E-state index contributed by atoms with van der Waals surface area (Å²) in [5.41, 5.74) is 2.12. The number of hydrogen-bond donors (Lipinski definition) is 0. The fourth-order valence-electron chi connectivity index (χ4n) is 3.46. The van der Waals surface area contributed by atoms with E-state index in [0.29, 0.717) is 32.6 Å². The van der Waals surface area contributed by atoms with Crippen molar-refractivity contribution in [2.45, 2.75) is 18.9 Å². The minimum Gasteiger partial charge on any atom is -0.497 e. The molecule has 0 aliphatic carbocycles. The number of carbonyl (C=O) groups is 1. The van der Waals surface area contributed by atoms with E-state index in [1.807, 2.05) is 47.4 Å². The van der Waals surface area contributed by atoms with E-state index in [-0.39, 0.29) is 11.9 Å². The summed E-state index contributed by atoms with van der Waals surface area (Å²) in [6.07, 6.45) is 1.30. The Morgan fingerprint density at radius 3 is 2.52 bits per heavy atom. The van der Waals surface area contributed by atoms with Gasteiger partial charge in [0.15, 0.2) is 0 Å². The van der Waals surface area contributed by atoms with E-state index in [9.17, 15) is 10.1 Å². The second kappa shape index (κ2) is 9.20. The van der Waals surface area contributed by atoms with Crippen LogP contribution in [0.5, 0.6) is 5.75 Å². The van der Waals surface area contributed by atoms with Gasteiger partial charge < -0.3 is 9.64 Å².